The van der Waals surface area contributed by atoms with Gasteiger partial charge in [0.2, 0.25) is 0 Å². The van der Waals surface area contributed by atoms with Gasteiger partial charge in [0.15, 0.2) is 9.84 Å². The molecule has 0 bridgehead atoms. The highest BCUT2D eigenvalue weighted by Crippen LogP contribution is 2.36. The molecule has 1 N–H and O–H groups in total. The van der Waals surface area contributed by atoms with Crippen molar-refractivity contribution in [2.45, 2.75) is 17.9 Å². The topological polar surface area (TPSA) is 74.7 Å². The van der Waals surface area contributed by atoms with Gasteiger partial charge in [-0.05, 0) is 18.2 Å². The van der Waals surface area contributed by atoms with Crippen LogP contribution in [0.15, 0.2) is 29.2 Å². The van der Waals surface area contributed by atoms with Gasteiger partial charge in [0.05, 0.1) is 23.2 Å². The van der Waals surface area contributed by atoms with Crippen LogP contribution in [-0.2, 0) is 14.6 Å². The molecule has 0 aromatic heterocycles. The Morgan fingerprint density at radius 2 is 2.11 bits per heavy atom. The van der Waals surface area contributed by atoms with Crippen molar-refractivity contribution in [2.24, 2.45) is 0 Å². The molecule has 0 aliphatic carbocycles. The molecule has 1 aliphatic heterocycles. The smallest absolute Gasteiger partial charge is 0.317 e. The molecule has 1 aromatic carbocycles. The van der Waals surface area contributed by atoms with Crippen molar-refractivity contribution in [3.05, 3.63) is 29.8 Å². The largest absolute Gasteiger partial charge is 0.480 e. The van der Waals surface area contributed by atoms with Gasteiger partial charge in [-0.1, -0.05) is 25.1 Å². The third-order valence-corrected chi connectivity index (χ3v) is 4.97. The summed E-state index contributed by atoms with van der Waals surface area (Å²) in [6.45, 7) is 2.18. The summed E-state index contributed by atoms with van der Waals surface area (Å²) in [4.78, 5) is 12.8. The van der Waals surface area contributed by atoms with Crippen LogP contribution in [0.4, 0.5) is 0 Å². The predicted molar refractivity (Wildman–Crippen MR) is 66.1 cm³/mol. The van der Waals surface area contributed by atoms with Gasteiger partial charge in [-0.15, -0.1) is 0 Å². The second-order valence-corrected chi connectivity index (χ2v) is 6.29. The molecule has 1 atom stereocenters. The Bertz CT molecular complexity index is 567. The summed E-state index contributed by atoms with van der Waals surface area (Å²) in [5, 5.41) is 8.86. The average Bonchev–Trinajstić information content (AvgIpc) is 2.59. The summed E-state index contributed by atoms with van der Waals surface area (Å²) >= 11 is 0. The molecule has 0 saturated carbocycles. The van der Waals surface area contributed by atoms with E-state index in [1.54, 1.807) is 29.2 Å². The number of fused-ring (bicyclic) bond motifs is 1. The highest BCUT2D eigenvalue weighted by molar-refractivity contribution is 7.91. The minimum absolute atomic E-state index is 0.0343. The van der Waals surface area contributed by atoms with Gasteiger partial charge < -0.3 is 5.11 Å². The van der Waals surface area contributed by atoms with Crippen LogP contribution in [0.5, 0.6) is 0 Å². The molecule has 2 rings (SSSR count). The number of benzene rings is 1. The van der Waals surface area contributed by atoms with Gasteiger partial charge in [0, 0.05) is 0 Å². The maximum Gasteiger partial charge on any atom is 0.317 e. The first-order valence-corrected chi connectivity index (χ1v) is 7.38. The third-order valence-electron chi connectivity index (χ3n) is 3.18. The molecule has 0 radical (unpaired) electrons. The van der Waals surface area contributed by atoms with Crippen LogP contribution in [0.1, 0.15) is 18.5 Å². The third kappa shape index (κ3) is 2.26. The number of carboxylic acids is 1. The summed E-state index contributed by atoms with van der Waals surface area (Å²) in [7, 11) is -3.28. The zero-order valence-electron chi connectivity index (χ0n) is 10.0. The predicted octanol–water partition coefficient (Wildman–Crippen LogP) is 0.921. The summed E-state index contributed by atoms with van der Waals surface area (Å²) in [6.07, 6.45) is 0. The molecular weight excluding hydrogens is 254 g/mol. The normalized spacial score (nSPS) is 20.9. The molecular formula is C12H15NO4S. The molecule has 1 heterocycles. The van der Waals surface area contributed by atoms with Crippen LogP contribution < -0.4 is 0 Å². The van der Waals surface area contributed by atoms with E-state index in [1.807, 2.05) is 6.92 Å². The zero-order valence-corrected chi connectivity index (χ0v) is 10.9. The van der Waals surface area contributed by atoms with Crippen LogP contribution in [0.2, 0.25) is 0 Å². The molecule has 1 unspecified atom stereocenters. The summed E-state index contributed by atoms with van der Waals surface area (Å²) in [5.74, 6) is -0.980. The van der Waals surface area contributed by atoms with Crippen molar-refractivity contribution < 1.29 is 18.3 Å². The first kappa shape index (κ1) is 13.0. The summed E-state index contributed by atoms with van der Waals surface area (Å²) < 4.78 is 24.0. The quantitative estimate of drug-likeness (QED) is 0.879. The van der Waals surface area contributed by atoms with Gasteiger partial charge in [-0.2, -0.15) is 0 Å². The van der Waals surface area contributed by atoms with E-state index >= 15 is 0 Å². The van der Waals surface area contributed by atoms with Crippen molar-refractivity contribution in [2.75, 3.05) is 18.8 Å². The number of hydrogen-bond donors (Lipinski definition) is 1. The fourth-order valence-electron chi connectivity index (χ4n) is 2.34. The van der Waals surface area contributed by atoms with Crippen molar-refractivity contribution >= 4 is 15.8 Å². The van der Waals surface area contributed by atoms with E-state index < -0.39 is 15.8 Å². The fourth-order valence-corrected chi connectivity index (χ4v) is 4.18. The Labute approximate surface area is 106 Å². The van der Waals surface area contributed by atoms with Crippen LogP contribution in [0.25, 0.3) is 0 Å². The zero-order chi connectivity index (χ0) is 13.3. The number of carbonyl (C=O) groups is 1. The first-order valence-electron chi connectivity index (χ1n) is 5.73. The lowest BCUT2D eigenvalue weighted by Gasteiger charge is -2.25. The summed E-state index contributed by atoms with van der Waals surface area (Å²) in [6, 6.07) is 6.45. The van der Waals surface area contributed by atoms with Gasteiger partial charge in [0.1, 0.15) is 0 Å². The van der Waals surface area contributed by atoms with E-state index in [1.165, 1.54) is 0 Å². The molecule has 0 saturated heterocycles. The molecule has 1 aliphatic rings. The number of hydrogen-bond acceptors (Lipinski definition) is 4. The molecule has 1 aromatic rings. The monoisotopic (exact) mass is 269 g/mol. The lowest BCUT2D eigenvalue weighted by Crippen LogP contribution is -2.34. The van der Waals surface area contributed by atoms with Crippen LogP contribution >= 0.6 is 0 Å². The summed E-state index contributed by atoms with van der Waals surface area (Å²) in [5.41, 5.74) is 0.709. The van der Waals surface area contributed by atoms with E-state index in [9.17, 15) is 13.2 Å². The maximum atomic E-state index is 12.0. The fraction of sp³-hybridized carbons (Fsp3) is 0.417. The molecule has 6 heteroatoms. The molecule has 0 amide bonds. The Kier molecular flexibility index (Phi) is 3.41. The Hall–Kier alpha value is -1.40. The maximum absolute atomic E-state index is 12.0. The van der Waals surface area contributed by atoms with Crippen LogP contribution in [-0.4, -0.2) is 43.2 Å². The standard InChI is InChI=1S/C12H15NO4S/c1-2-13(7-12(14)15)10-8-18(16,17)11-6-4-3-5-9(10)11/h3-6,10H,2,7-8H2,1H3,(H,14,15). The highest BCUT2D eigenvalue weighted by atomic mass is 32.2. The Balaban J connectivity index is 2.40. The lowest BCUT2D eigenvalue weighted by molar-refractivity contribution is -0.138. The number of nitrogens with zero attached hydrogens (tertiary/aromatic N) is 1. The van der Waals surface area contributed by atoms with Gasteiger partial charge in [0.25, 0.3) is 0 Å². The van der Waals surface area contributed by atoms with Crippen molar-refractivity contribution in [3.8, 4) is 0 Å². The van der Waals surface area contributed by atoms with Crippen LogP contribution in [0.3, 0.4) is 0 Å². The van der Waals surface area contributed by atoms with E-state index in [-0.39, 0.29) is 18.3 Å². The minimum atomic E-state index is -3.28. The Morgan fingerprint density at radius 1 is 1.44 bits per heavy atom. The minimum Gasteiger partial charge on any atom is -0.480 e. The van der Waals surface area contributed by atoms with Crippen molar-refractivity contribution in [1.29, 1.82) is 0 Å². The first-order chi connectivity index (χ1) is 8.45. The number of carboxylic acid groups (broad SMARTS) is 1. The van der Waals surface area contributed by atoms with E-state index in [2.05, 4.69) is 0 Å². The Morgan fingerprint density at radius 3 is 2.72 bits per heavy atom. The van der Waals surface area contributed by atoms with Gasteiger partial charge >= 0.3 is 5.97 Å². The SMILES string of the molecule is CCN(CC(=O)O)C1CS(=O)(=O)c2ccccc21. The molecule has 5 nitrogen and oxygen atoms in total. The number of sulfone groups is 1. The second kappa shape index (κ2) is 4.70. The number of rotatable bonds is 4. The highest BCUT2D eigenvalue weighted by Gasteiger charge is 2.37. The van der Waals surface area contributed by atoms with Gasteiger partial charge in [-0.25, -0.2) is 8.42 Å². The molecule has 18 heavy (non-hydrogen) atoms. The van der Waals surface area contributed by atoms with Crippen LogP contribution in [0, 0.1) is 0 Å². The second-order valence-electron chi connectivity index (χ2n) is 4.29. The van der Waals surface area contributed by atoms with E-state index in [0.717, 1.165) is 0 Å². The number of aliphatic carboxylic acids is 1. The lowest BCUT2D eigenvalue weighted by atomic mass is 10.1. The van der Waals surface area contributed by atoms with E-state index in [4.69, 9.17) is 5.11 Å². The molecule has 0 fully saturated rings. The molecule has 98 valence electrons. The van der Waals surface area contributed by atoms with E-state index in [0.29, 0.717) is 17.0 Å². The average molecular weight is 269 g/mol. The number of likely N-dealkylation sites (N-methyl/N-ethyl adjacent to an activating group) is 1. The van der Waals surface area contributed by atoms with Crippen molar-refractivity contribution in [1.82, 2.24) is 4.90 Å². The van der Waals surface area contributed by atoms with Gasteiger partial charge in [-0.3, -0.25) is 9.69 Å². The molecule has 0 spiro atoms. The van der Waals surface area contributed by atoms with Crippen molar-refractivity contribution in [3.63, 3.8) is 0 Å².